The summed E-state index contributed by atoms with van der Waals surface area (Å²) < 4.78 is 1.21. The SMILES string of the molecule is O=C(CNCc1ccc(I)cc1)NCc1ccc(Cl)cc1. The third-order valence-corrected chi connectivity index (χ3v) is 3.90. The lowest BCUT2D eigenvalue weighted by Crippen LogP contribution is -2.33. The summed E-state index contributed by atoms with van der Waals surface area (Å²) in [5, 5.41) is 6.70. The molecule has 0 aliphatic heterocycles. The van der Waals surface area contributed by atoms with Crippen LogP contribution in [-0.2, 0) is 17.9 Å². The molecular formula is C16H16ClIN2O. The fourth-order valence-corrected chi connectivity index (χ4v) is 2.27. The zero-order chi connectivity index (χ0) is 15.1. The molecule has 2 N–H and O–H groups in total. The van der Waals surface area contributed by atoms with Crippen molar-refractivity contribution in [1.29, 1.82) is 0 Å². The van der Waals surface area contributed by atoms with Gasteiger partial charge in [-0.2, -0.15) is 0 Å². The number of carbonyl (C=O) groups excluding carboxylic acids is 1. The molecule has 0 aliphatic carbocycles. The summed E-state index contributed by atoms with van der Waals surface area (Å²) in [7, 11) is 0. The van der Waals surface area contributed by atoms with Gasteiger partial charge in [-0.05, 0) is 58.0 Å². The molecule has 0 bridgehead atoms. The maximum Gasteiger partial charge on any atom is 0.234 e. The summed E-state index contributed by atoms with van der Waals surface area (Å²) in [6.45, 7) is 1.51. The van der Waals surface area contributed by atoms with Crippen molar-refractivity contribution >= 4 is 40.1 Å². The van der Waals surface area contributed by atoms with Crippen LogP contribution in [0.4, 0.5) is 0 Å². The van der Waals surface area contributed by atoms with Crippen molar-refractivity contribution in [2.24, 2.45) is 0 Å². The average molecular weight is 415 g/mol. The molecule has 0 spiro atoms. The third-order valence-electron chi connectivity index (χ3n) is 2.93. The van der Waals surface area contributed by atoms with Gasteiger partial charge in [0.25, 0.3) is 0 Å². The molecule has 2 aromatic carbocycles. The molecule has 0 unspecified atom stereocenters. The van der Waals surface area contributed by atoms with E-state index < -0.39 is 0 Å². The Morgan fingerprint density at radius 3 is 2.19 bits per heavy atom. The molecule has 0 atom stereocenters. The fraction of sp³-hybridized carbons (Fsp3) is 0.188. The van der Waals surface area contributed by atoms with Crippen LogP contribution >= 0.6 is 34.2 Å². The Balaban J connectivity index is 1.67. The molecule has 3 nitrogen and oxygen atoms in total. The van der Waals surface area contributed by atoms with Gasteiger partial charge in [-0.15, -0.1) is 0 Å². The molecule has 0 saturated carbocycles. The molecule has 21 heavy (non-hydrogen) atoms. The second kappa shape index (κ2) is 8.36. The highest BCUT2D eigenvalue weighted by Gasteiger charge is 2.01. The number of hydrogen-bond donors (Lipinski definition) is 2. The van der Waals surface area contributed by atoms with Crippen LogP contribution in [-0.4, -0.2) is 12.5 Å². The maximum atomic E-state index is 11.7. The molecule has 2 aromatic rings. The minimum absolute atomic E-state index is 0.0181. The van der Waals surface area contributed by atoms with Gasteiger partial charge in [0.2, 0.25) is 5.91 Å². The van der Waals surface area contributed by atoms with Gasteiger partial charge in [0.15, 0.2) is 0 Å². The van der Waals surface area contributed by atoms with Gasteiger partial charge in [-0.3, -0.25) is 4.79 Å². The van der Waals surface area contributed by atoms with Crippen molar-refractivity contribution in [3.8, 4) is 0 Å². The minimum Gasteiger partial charge on any atom is -0.351 e. The van der Waals surface area contributed by atoms with E-state index in [2.05, 4.69) is 57.5 Å². The van der Waals surface area contributed by atoms with E-state index in [4.69, 9.17) is 11.6 Å². The fourth-order valence-electron chi connectivity index (χ4n) is 1.79. The van der Waals surface area contributed by atoms with E-state index in [0.717, 1.165) is 5.56 Å². The van der Waals surface area contributed by atoms with Crippen molar-refractivity contribution in [2.75, 3.05) is 6.54 Å². The monoisotopic (exact) mass is 414 g/mol. The van der Waals surface area contributed by atoms with Crippen molar-refractivity contribution < 1.29 is 4.79 Å². The highest BCUT2D eigenvalue weighted by molar-refractivity contribution is 14.1. The molecule has 1 amide bonds. The molecule has 0 fully saturated rings. The van der Waals surface area contributed by atoms with Crippen LogP contribution in [0.5, 0.6) is 0 Å². The lowest BCUT2D eigenvalue weighted by Gasteiger charge is -2.07. The van der Waals surface area contributed by atoms with E-state index in [9.17, 15) is 4.79 Å². The van der Waals surface area contributed by atoms with E-state index in [1.807, 2.05) is 24.3 Å². The number of halogens is 2. The van der Waals surface area contributed by atoms with Gasteiger partial charge in [0.1, 0.15) is 0 Å². The largest absolute Gasteiger partial charge is 0.351 e. The molecular weight excluding hydrogens is 399 g/mol. The average Bonchev–Trinajstić information content (AvgIpc) is 2.49. The van der Waals surface area contributed by atoms with Crippen LogP contribution in [0.2, 0.25) is 5.02 Å². The Hall–Kier alpha value is -1.11. The van der Waals surface area contributed by atoms with Crippen LogP contribution in [0.1, 0.15) is 11.1 Å². The Morgan fingerprint density at radius 1 is 0.952 bits per heavy atom. The zero-order valence-electron chi connectivity index (χ0n) is 11.4. The standard InChI is InChI=1S/C16H16ClIN2O/c17-14-5-1-13(2-6-14)10-20-16(21)11-19-9-12-3-7-15(18)8-4-12/h1-8,19H,9-11H2,(H,20,21). The number of hydrogen-bond acceptors (Lipinski definition) is 2. The summed E-state index contributed by atoms with van der Waals surface area (Å²) in [6.07, 6.45) is 0. The van der Waals surface area contributed by atoms with Gasteiger partial charge in [0.05, 0.1) is 6.54 Å². The normalized spacial score (nSPS) is 10.4. The molecule has 0 aliphatic rings. The summed E-state index contributed by atoms with van der Waals surface area (Å²) in [6, 6.07) is 15.7. The second-order valence-corrected chi connectivity index (χ2v) is 6.32. The van der Waals surface area contributed by atoms with Crippen LogP contribution in [0, 0.1) is 3.57 Å². The second-order valence-electron chi connectivity index (χ2n) is 4.63. The Kier molecular flexibility index (Phi) is 6.48. The van der Waals surface area contributed by atoms with Gasteiger partial charge < -0.3 is 10.6 Å². The topological polar surface area (TPSA) is 41.1 Å². The maximum absolute atomic E-state index is 11.7. The molecule has 0 radical (unpaired) electrons. The Bertz CT molecular complexity index is 584. The number of nitrogens with one attached hydrogen (secondary N) is 2. The lowest BCUT2D eigenvalue weighted by atomic mass is 10.2. The van der Waals surface area contributed by atoms with E-state index in [0.29, 0.717) is 24.7 Å². The van der Waals surface area contributed by atoms with Gasteiger partial charge in [-0.1, -0.05) is 35.9 Å². The Labute approximate surface area is 143 Å². The Morgan fingerprint density at radius 2 is 1.52 bits per heavy atom. The molecule has 0 heterocycles. The van der Waals surface area contributed by atoms with Crippen LogP contribution in [0.15, 0.2) is 48.5 Å². The van der Waals surface area contributed by atoms with Crippen molar-refractivity contribution in [3.63, 3.8) is 0 Å². The molecule has 0 saturated heterocycles. The van der Waals surface area contributed by atoms with Crippen LogP contribution in [0.25, 0.3) is 0 Å². The number of amides is 1. The predicted octanol–water partition coefficient (Wildman–Crippen LogP) is 3.35. The third kappa shape index (κ3) is 6.03. The smallest absolute Gasteiger partial charge is 0.234 e. The van der Waals surface area contributed by atoms with Gasteiger partial charge >= 0.3 is 0 Å². The van der Waals surface area contributed by atoms with E-state index >= 15 is 0 Å². The molecule has 2 rings (SSSR count). The minimum atomic E-state index is -0.0181. The molecule has 5 heteroatoms. The van der Waals surface area contributed by atoms with E-state index in [-0.39, 0.29) is 5.91 Å². The first-order valence-electron chi connectivity index (χ1n) is 6.60. The van der Waals surface area contributed by atoms with E-state index in [1.165, 1.54) is 9.13 Å². The summed E-state index contributed by atoms with van der Waals surface area (Å²) >= 11 is 8.08. The van der Waals surface area contributed by atoms with Crippen molar-refractivity contribution in [2.45, 2.75) is 13.1 Å². The highest BCUT2D eigenvalue weighted by Crippen LogP contribution is 2.09. The summed E-state index contributed by atoms with van der Waals surface area (Å²) in [5.74, 6) is -0.0181. The first kappa shape index (κ1) is 16.3. The highest BCUT2D eigenvalue weighted by atomic mass is 127. The zero-order valence-corrected chi connectivity index (χ0v) is 14.3. The lowest BCUT2D eigenvalue weighted by molar-refractivity contribution is -0.120. The van der Waals surface area contributed by atoms with Crippen molar-refractivity contribution in [1.82, 2.24) is 10.6 Å². The molecule has 110 valence electrons. The number of rotatable bonds is 6. The van der Waals surface area contributed by atoms with Crippen LogP contribution < -0.4 is 10.6 Å². The quantitative estimate of drug-likeness (QED) is 0.712. The summed E-state index contributed by atoms with van der Waals surface area (Å²) in [4.78, 5) is 11.7. The number of carbonyl (C=O) groups is 1. The van der Waals surface area contributed by atoms with E-state index in [1.54, 1.807) is 0 Å². The number of benzene rings is 2. The first-order chi connectivity index (χ1) is 10.1. The predicted molar refractivity (Wildman–Crippen MR) is 94.2 cm³/mol. The van der Waals surface area contributed by atoms with Gasteiger partial charge in [0, 0.05) is 21.7 Å². The molecule has 0 aromatic heterocycles. The first-order valence-corrected chi connectivity index (χ1v) is 8.05. The van der Waals surface area contributed by atoms with Crippen LogP contribution in [0.3, 0.4) is 0 Å². The van der Waals surface area contributed by atoms with Crippen molar-refractivity contribution in [3.05, 3.63) is 68.3 Å². The summed E-state index contributed by atoms with van der Waals surface area (Å²) in [5.41, 5.74) is 2.20. The van der Waals surface area contributed by atoms with Gasteiger partial charge in [-0.25, -0.2) is 0 Å².